The van der Waals surface area contributed by atoms with Crippen LogP contribution in [-0.4, -0.2) is 19.1 Å². The fraction of sp³-hybridized carbons (Fsp3) is 0.265. The zero-order chi connectivity index (χ0) is 28.1. The van der Waals surface area contributed by atoms with E-state index in [9.17, 15) is 4.79 Å². The number of halogens is 2. The van der Waals surface area contributed by atoms with Crippen molar-refractivity contribution in [3.05, 3.63) is 124 Å². The smallest absolute Gasteiger partial charge is 0.269 e. The number of hydrogen-bond acceptors (Lipinski definition) is 3. The maximum atomic E-state index is 13.4. The number of nitrogens with zero attached hydrogens (tertiary/aromatic N) is 1. The number of ether oxygens (including phenoxy) is 2. The Morgan fingerprint density at radius 3 is 2.20 bits per heavy atom. The summed E-state index contributed by atoms with van der Waals surface area (Å²) in [7, 11) is 0. The van der Waals surface area contributed by atoms with E-state index in [0.717, 1.165) is 28.9 Å². The third kappa shape index (κ3) is 6.52. The van der Waals surface area contributed by atoms with Crippen LogP contribution in [0.2, 0.25) is 10.0 Å². The first-order valence-corrected chi connectivity index (χ1v) is 14.4. The minimum Gasteiger partial charge on any atom is -0.484 e. The summed E-state index contributed by atoms with van der Waals surface area (Å²) < 4.78 is 12.6. The van der Waals surface area contributed by atoms with Crippen molar-refractivity contribution in [2.45, 2.75) is 32.3 Å². The van der Waals surface area contributed by atoms with Crippen LogP contribution in [0, 0.1) is 11.8 Å². The monoisotopic (exact) mass is 573 g/mol. The van der Waals surface area contributed by atoms with Crippen LogP contribution in [0.5, 0.6) is 5.75 Å². The highest BCUT2D eigenvalue weighted by Gasteiger charge is 2.35. The first-order chi connectivity index (χ1) is 19.4. The molecular formula is C34H33Cl2NO3. The van der Waals surface area contributed by atoms with Gasteiger partial charge in [-0.1, -0.05) is 91.6 Å². The number of para-hydroxylation sites is 2. The zero-order valence-corrected chi connectivity index (χ0v) is 24.2. The molecule has 1 amide bonds. The maximum absolute atomic E-state index is 13.4. The molecular weight excluding hydrogens is 541 g/mol. The Labute approximate surface area is 246 Å². The molecule has 0 saturated carbocycles. The number of amides is 1. The number of carbonyl (C=O) groups is 1. The van der Waals surface area contributed by atoms with Gasteiger partial charge in [0, 0.05) is 27.3 Å². The van der Waals surface area contributed by atoms with Crippen molar-refractivity contribution in [1.29, 1.82) is 0 Å². The average molecular weight is 575 g/mol. The highest BCUT2D eigenvalue weighted by Crippen LogP contribution is 2.45. The third-order valence-corrected chi connectivity index (χ3v) is 8.07. The number of anilines is 2. The second kappa shape index (κ2) is 12.9. The fourth-order valence-corrected chi connectivity index (χ4v) is 6.02. The van der Waals surface area contributed by atoms with Gasteiger partial charge in [-0.3, -0.25) is 9.69 Å². The lowest BCUT2D eigenvalue weighted by Gasteiger charge is -2.39. The molecule has 1 heterocycles. The van der Waals surface area contributed by atoms with E-state index in [-0.39, 0.29) is 30.5 Å². The van der Waals surface area contributed by atoms with E-state index in [0.29, 0.717) is 28.3 Å². The Bertz CT molecular complexity index is 1390. The molecule has 5 rings (SSSR count). The van der Waals surface area contributed by atoms with Crippen LogP contribution in [0.1, 0.15) is 43.4 Å². The molecule has 1 aliphatic rings. The Morgan fingerprint density at radius 1 is 0.900 bits per heavy atom. The van der Waals surface area contributed by atoms with Crippen LogP contribution in [0.15, 0.2) is 103 Å². The van der Waals surface area contributed by atoms with Crippen LogP contribution < -0.4 is 9.64 Å². The number of benzene rings is 4. The molecule has 206 valence electrons. The van der Waals surface area contributed by atoms with E-state index in [2.05, 4.69) is 19.9 Å². The average Bonchev–Trinajstić information content (AvgIpc) is 2.97. The molecule has 3 atom stereocenters. The zero-order valence-electron chi connectivity index (χ0n) is 22.7. The van der Waals surface area contributed by atoms with Crippen molar-refractivity contribution < 1.29 is 14.3 Å². The molecule has 1 aliphatic heterocycles. The molecule has 40 heavy (non-hydrogen) atoms. The molecule has 0 spiro atoms. The van der Waals surface area contributed by atoms with E-state index in [1.807, 2.05) is 91.0 Å². The van der Waals surface area contributed by atoms with E-state index in [4.69, 9.17) is 32.7 Å². The van der Waals surface area contributed by atoms with Crippen molar-refractivity contribution in [2.75, 3.05) is 18.1 Å². The molecule has 1 saturated heterocycles. The molecule has 4 aromatic carbocycles. The number of rotatable bonds is 8. The molecule has 4 nitrogen and oxygen atoms in total. The van der Waals surface area contributed by atoms with Crippen LogP contribution in [0.25, 0.3) is 0 Å². The second-order valence-corrected chi connectivity index (χ2v) is 11.4. The summed E-state index contributed by atoms with van der Waals surface area (Å²) >= 11 is 12.7. The summed E-state index contributed by atoms with van der Waals surface area (Å²) in [6.45, 7) is 4.94. The van der Waals surface area contributed by atoms with Crippen molar-refractivity contribution in [3.63, 3.8) is 0 Å². The standard InChI is InChI=1S/C34H33Cl2NO3/c1-23(2)31-19-25(30-17-16-26(35)20-32(30)36)21-40-34(31)24-10-9-15-29(18-24)39-22-33(38)37(27-11-5-3-6-12-27)28-13-7-4-8-14-28/h3-18,20,23,25,31,34H,19,21-22H2,1-2H3/t25-,31-,34-/m0/s1. The summed E-state index contributed by atoms with van der Waals surface area (Å²) in [6.07, 6.45) is 0.878. The van der Waals surface area contributed by atoms with E-state index < -0.39 is 0 Å². The van der Waals surface area contributed by atoms with Gasteiger partial charge in [0.15, 0.2) is 6.61 Å². The largest absolute Gasteiger partial charge is 0.484 e. The lowest BCUT2D eigenvalue weighted by Crippen LogP contribution is -2.31. The second-order valence-electron chi connectivity index (χ2n) is 10.5. The molecule has 0 aliphatic carbocycles. The first-order valence-electron chi connectivity index (χ1n) is 13.6. The van der Waals surface area contributed by atoms with Gasteiger partial charge in [0.25, 0.3) is 5.91 Å². The van der Waals surface area contributed by atoms with Gasteiger partial charge in [-0.2, -0.15) is 0 Å². The van der Waals surface area contributed by atoms with Crippen LogP contribution >= 0.6 is 23.2 Å². The lowest BCUT2D eigenvalue weighted by atomic mass is 9.76. The third-order valence-electron chi connectivity index (χ3n) is 7.51. The summed E-state index contributed by atoms with van der Waals surface area (Å²) in [5.41, 5.74) is 3.71. The molecule has 1 fully saturated rings. The van der Waals surface area contributed by atoms with Gasteiger partial charge < -0.3 is 9.47 Å². The van der Waals surface area contributed by atoms with Gasteiger partial charge in [-0.25, -0.2) is 0 Å². The van der Waals surface area contributed by atoms with Crippen LogP contribution in [-0.2, 0) is 9.53 Å². The Kier molecular flexibility index (Phi) is 9.11. The van der Waals surface area contributed by atoms with Gasteiger partial charge in [-0.15, -0.1) is 0 Å². The van der Waals surface area contributed by atoms with Crippen LogP contribution in [0.3, 0.4) is 0 Å². The van der Waals surface area contributed by atoms with Crippen molar-refractivity contribution in [3.8, 4) is 5.75 Å². The topological polar surface area (TPSA) is 38.8 Å². The predicted molar refractivity (Wildman–Crippen MR) is 163 cm³/mol. The Morgan fingerprint density at radius 2 is 1.57 bits per heavy atom. The SMILES string of the molecule is CC(C)[C@@H]1C[C@H](c2ccc(Cl)cc2Cl)CO[C@H]1c1cccc(OCC(=O)N(c2ccccc2)c2ccccc2)c1. The highest BCUT2D eigenvalue weighted by atomic mass is 35.5. The summed E-state index contributed by atoms with van der Waals surface area (Å²) in [5, 5.41) is 1.32. The number of carbonyl (C=O) groups excluding carboxylic acids is 1. The van der Waals surface area contributed by atoms with Gasteiger partial charge in [-0.05, 0) is 77.9 Å². The molecule has 0 N–H and O–H groups in total. The molecule has 0 unspecified atom stereocenters. The van der Waals surface area contributed by atoms with Gasteiger partial charge in [0.2, 0.25) is 0 Å². The van der Waals surface area contributed by atoms with E-state index in [1.165, 1.54) is 0 Å². The van der Waals surface area contributed by atoms with Crippen molar-refractivity contribution in [1.82, 2.24) is 0 Å². The van der Waals surface area contributed by atoms with Gasteiger partial charge in [0.1, 0.15) is 5.75 Å². The van der Waals surface area contributed by atoms with Crippen molar-refractivity contribution >= 4 is 40.5 Å². The maximum Gasteiger partial charge on any atom is 0.269 e. The van der Waals surface area contributed by atoms with Crippen LogP contribution in [0.4, 0.5) is 11.4 Å². The summed E-state index contributed by atoms with van der Waals surface area (Å²) in [6, 6.07) is 32.8. The van der Waals surface area contributed by atoms with Gasteiger partial charge in [0.05, 0.1) is 12.7 Å². The quantitative estimate of drug-likeness (QED) is 0.211. The Hall–Kier alpha value is -3.31. The predicted octanol–water partition coefficient (Wildman–Crippen LogP) is 9.25. The minimum absolute atomic E-state index is 0.0771. The van der Waals surface area contributed by atoms with Gasteiger partial charge >= 0.3 is 0 Å². The molecule has 6 heteroatoms. The molecule has 4 aromatic rings. The van der Waals surface area contributed by atoms with E-state index in [1.54, 1.807) is 11.0 Å². The summed E-state index contributed by atoms with van der Waals surface area (Å²) in [4.78, 5) is 15.1. The normalized spacial score (nSPS) is 18.9. The molecule has 0 radical (unpaired) electrons. The molecule has 0 bridgehead atoms. The molecule has 0 aromatic heterocycles. The van der Waals surface area contributed by atoms with Crippen molar-refractivity contribution in [2.24, 2.45) is 11.8 Å². The first kappa shape index (κ1) is 28.2. The Balaban J connectivity index is 1.31. The fourth-order valence-electron chi connectivity index (χ4n) is 5.46. The highest BCUT2D eigenvalue weighted by molar-refractivity contribution is 6.35. The minimum atomic E-state index is -0.153. The number of hydrogen-bond donors (Lipinski definition) is 0. The summed E-state index contributed by atoms with van der Waals surface area (Å²) in [5.74, 6) is 1.37. The lowest BCUT2D eigenvalue weighted by molar-refractivity contribution is -0.119. The van der Waals surface area contributed by atoms with E-state index >= 15 is 0 Å².